The van der Waals surface area contributed by atoms with Gasteiger partial charge >= 0.3 is 29.6 Å². The quantitative estimate of drug-likeness (QED) is 0.375. The minimum atomic E-state index is -2.57. The van der Waals surface area contributed by atoms with Crippen molar-refractivity contribution in [3.63, 3.8) is 0 Å². The first kappa shape index (κ1) is 12.1. The average Bonchev–Trinajstić information content (AvgIpc) is 1.31. The molecule has 0 saturated heterocycles. The molecule has 0 aromatic carbocycles. The maximum Gasteiger partial charge on any atom is 1.00 e. The zero-order chi connectivity index (χ0) is 6.08. The van der Waals surface area contributed by atoms with E-state index in [1.165, 1.54) is 0 Å². The third-order valence-electron chi connectivity index (χ3n) is 0.231. The van der Waals surface area contributed by atoms with Gasteiger partial charge in [0.25, 0.3) is 3.49 Å². The van der Waals surface area contributed by atoms with Gasteiger partial charge in [-0.2, -0.15) is 0 Å². The van der Waals surface area contributed by atoms with Gasteiger partial charge in [0.05, 0.1) is 0 Å². The van der Waals surface area contributed by atoms with E-state index in [0.29, 0.717) is 0 Å². The number of carbonyl (C=O) groups excluding carboxylic acids is 1. The summed E-state index contributed by atoms with van der Waals surface area (Å²) in [4.78, 5) is 9.44. The number of aliphatic carboxylic acids is 1. The molecule has 0 aliphatic carbocycles. The van der Waals surface area contributed by atoms with E-state index in [-0.39, 0.29) is 29.6 Å². The second kappa shape index (κ2) is 4.22. The third kappa shape index (κ3) is 5.50. The van der Waals surface area contributed by atoms with Gasteiger partial charge in [-0.05, 0) is 31.9 Å². The van der Waals surface area contributed by atoms with E-state index in [1.54, 1.807) is 0 Å². The molecule has 0 aliphatic rings. The van der Waals surface area contributed by atoms with Crippen LogP contribution in [-0.4, -0.2) is 9.46 Å². The van der Waals surface area contributed by atoms with Crippen LogP contribution in [0.4, 0.5) is 4.39 Å². The minimum Gasteiger partial charge on any atom is -0.545 e. The molecule has 0 heterocycles. The molecule has 2 nitrogen and oxygen atoms in total. The molecule has 0 spiro atoms. The molecule has 6 heteroatoms. The van der Waals surface area contributed by atoms with E-state index < -0.39 is 9.46 Å². The van der Waals surface area contributed by atoms with Crippen LogP contribution in [0.3, 0.4) is 0 Å². The van der Waals surface area contributed by atoms with Crippen molar-refractivity contribution in [3.8, 4) is 0 Å². The first-order chi connectivity index (χ1) is 2.94. The maximum absolute atomic E-state index is 11.7. The molecule has 8 heavy (non-hydrogen) atoms. The number of alkyl halides is 3. The second-order valence-electron chi connectivity index (χ2n) is 0.785. The van der Waals surface area contributed by atoms with E-state index in [2.05, 4.69) is 31.9 Å². The number of hydrogen-bond donors (Lipinski definition) is 0. The Balaban J connectivity index is 0. The Hall–Kier alpha value is 1.36. The number of carboxylic acid groups (broad SMARTS) is 1. The van der Waals surface area contributed by atoms with Crippen molar-refractivity contribution < 1.29 is 43.8 Å². The van der Waals surface area contributed by atoms with E-state index in [1.807, 2.05) is 0 Å². The van der Waals surface area contributed by atoms with Gasteiger partial charge in [-0.3, -0.25) is 0 Å². The Kier molecular flexibility index (Phi) is 6.37. The summed E-state index contributed by atoms with van der Waals surface area (Å²) in [5, 5.41) is 9.44. The van der Waals surface area contributed by atoms with E-state index in [9.17, 15) is 14.3 Å². The minimum absolute atomic E-state index is 0. The molecule has 0 rings (SSSR count). The Morgan fingerprint density at radius 3 is 1.75 bits per heavy atom. The van der Waals surface area contributed by atoms with E-state index in [0.717, 1.165) is 0 Å². The van der Waals surface area contributed by atoms with Crippen molar-refractivity contribution in [1.82, 2.24) is 0 Å². The molecule has 0 amide bonds. The monoisotopic (exact) mass is 256 g/mol. The molecule has 0 saturated carbocycles. The fourth-order valence-corrected chi connectivity index (χ4v) is 0. The molecule has 0 unspecified atom stereocenters. The summed E-state index contributed by atoms with van der Waals surface area (Å²) in [6, 6.07) is 0. The summed E-state index contributed by atoms with van der Waals surface area (Å²) in [6.07, 6.45) is 0. The van der Waals surface area contributed by atoms with Crippen LogP contribution in [0.15, 0.2) is 0 Å². The molecular weight excluding hydrogens is 258 g/mol. The van der Waals surface area contributed by atoms with Crippen LogP contribution in [0.25, 0.3) is 0 Å². The van der Waals surface area contributed by atoms with Gasteiger partial charge in [-0.25, -0.2) is 4.39 Å². The van der Waals surface area contributed by atoms with Crippen molar-refractivity contribution in [3.05, 3.63) is 0 Å². The summed E-state index contributed by atoms with van der Waals surface area (Å²) >= 11 is 4.26. The van der Waals surface area contributed by atoms with Crippen LogP contribution in [0.1, 0.15) is 0 Å². The molecule has 0 aromatic heterocycles. The molecule has 0 radical (unpaired) electrons. The zero-order valence-corrected chi connectivity index (χ0v) is 9.12. The van der Waals surface area contributed by atoms with Crippen LogP contribution in [-0.2, 0) is 4.79 Å². The van der Waals surface area contributed by atoms with Gasteiger partial charge in [0.1, 0.15) is 5.97 Å². The number of carbonyl (C=O) groups is 1. The zero-order valence-electron chi connectivity index (χ0n) is 3.95. The normalized spacial score (nSPS) is 9.88. The Bertz CT molecular complexity index is 90.5. The number of carboxylic acids is 1. The number of halogens is 3. The fraction of sp³-hybridized carbons (Fsp3) is 0.500. The van der Waals surface area contributed by atoms with Crippen LogP contribution < -0.4 is 34.7 Å². The van der Waals surface area contributed by atoms with Crippen molar-refractivity contribution in [2.75, 3.05) is 0 Å². The Morgan fingerprint density at radius 2 is 1.75 bits per heavy atom. The molecule has 0 bridgehead atoms. The van der Waals surface area contributed by atoms with Crippen LogP contribution in [0, 0.1) is 0 Å². The predicted molar refractivity (Wildman–Crippen MR) is 26.7 cm³/mol. The molecular formula is C2Br2FNaO2. The van der Waals surface area contributed by atoms with Gasteiger partial charge in [-0.15, -0.1) is 0 Å². The molecule has 0 aromatic rings. The molecule has 0 aliphatic heterocycles. The fourth-order valence-electron chi connectivity index (χ4n) is 0. The van der Waals surface area contributed by atoms with E-state index in [4.69, 9.17) is 0 Å². The first-order valence-electron chi connectivity index (χ1n) is 1.23. The summed E-state index contributed by atoms with van der Waals surface area (Å²) < 4.78 is 9.11. The van der Waals surface area contributed by atoms with Gasteiger partial charge < -0.3 is 9.90 Å². The van der Waals surface area contributed by atoms with Crippen molar-refractivity contribution in [1.29, 1.82) is 0 Å². The predicted octanol–water partition coefficient (Wildman–Crippen LogP) is -2.85. The SMILES string of the molecule is O=C([O-])C(F)(Br)Br.[Na+]. The summed E-state index contributed by atoms with van der Waals surface area (Å²) in [5.74, 6) is -1.84. The summed E-state index contributed by atoms with van der Waals surface area (Å²) in [5.41, 5.74) is 0. The summed E-state index contributed by atoms with van der Waals surface area (Å²) in [7, 11) is 0. The largest absolute Gasteiger partial charge is 1.00 e. The van der Waals surface area contributed by atoms with Gasteiger partial charge in [-0.1, -0.05) is 0 Å². The van der Waals surface area contributed by atoms with Crippen molar-refractivity contribution >= 4 is 37.8 Å². The van der Waals surface area contributed by atoms with Crippen molar-refractivity contribution in [2.24, 2.45) is 0 Å². The molecule has 0 atom stereocenters. The Labute approximate surface area is 84.4 Å². The van der Waals surface area contributed by atoms with Gasteiger partial charge in [0, 0.05) is 0 Å². The standard InChI is InChI=1S/C2HBr2FO2.Na/c3-2(4,5)1(6)7;/h(H,6,7);/q;+1/p-1. The van der Waals surface area contributed by atoms with Crippen molar-refractivity contribution in [2.45, 2.75) is 3.49 Å². The van der Waals surface area contributed by atoms with Gasteiger partial charge in [0.15, 0.2) is 0 Å². The smallest absolute Gasteiger partial charge is 0.545 e. The number of rotatable bonds is 1. The maximum atomic E-state index is 11.7. The number of hydrogen-bond acceptors (Lipinski definition) is 2. The van der Waals surface area contributed by atoms with Crippen LogP contribution >= 0.6 is 31.9 Å². The topological polar surface area (TPSA) is 40.1 Å². The first-order valence-corrected chi connectivity index (χ1v) is 2.81. The Morgan fingerprint density at radius 1 is 1.62 bits per heavy atom. The molecule has 0 N–H and O–H groups in total. The van der Waals surface area contributed by atoms with Crippen LogP contribution in [0.2, 0.25) is 0 Å². The summed E-state index contributed by atoms with van der Waals surface area (Å²) in [6.45, 7) is 0. The second-order valence-corrected chi connectivity index (χ2v) is 4.03. The molecule has 42 valence electrons. The van der Waals surface area contributed by atoms with Gasteiger partial charge in [0.2, 0.25) is 0 Å². The third-order valence-corrected chi connectivity index (χ3v) is 0.879. The van der Waals surface area contributed by atoms with Crippen LogP contribution in [0.5, 0.6) is 0 Å². The average molecular weight is 258 g/mol. The van der Waals surface area contributed by atoms with E-state index >= 15 is 0 Å². The molecule has 0 fully saturated rings.